The number of likely N-dealkylation sites (tertiary alicyclic amines) is 1. The van der Waals surface area contributed by atoms with E-state index in [-0.39, 0.29) is 15.9 Å². The lowest BCUT2D eigenvalue weighted by Crippen LogP contribution is -2.49. The number of β-amino-alcohol motifs (C(OH)–C–C–N with tert-alkyl or cyclic N) is 1. The lowest BCUT2D eigenvalue weighted by molar-refractivity contribution is 0.0398. The molecule has 1 unspecified atom stereocenters. The van der Waals surface area contributed by atoms with Gasteiger partial charge in [0.05, 0.1) is 28.8 Å². The van der Waals surface area contributed by atoms with Crippen molar-refractivity contribution in [3.05, 3.63) is 54.2 Å². The summed E-state index contributed by atoms with van der Waals surface area (Å²) in [5.74, 6) is 0.692. The molecule has 2 aromatic carbocycles. The van der Waals surface area contributed by atoms with Crippen LogP contribution in [0.1, 0.15) is 84.1 Å². The number of pyridine rings is 1. The van der Waals surface area contributed by atoms with E-state index in [2.05, 4.69) is 27.8 Å². The maximum atomic E-state index is 14.1. The molecule has 2 saturated heterocycles. The van der Waals surface area contributed by atoms with Crippen molar-refractivity contribution in [3.8, 4) is 5.75 Å². The van der Waals surface area contributed by atoms with Crippen molar-refractivity contribution in [1.82, 2.24) is 9.88 Å². The molecular weight excluding hydrogens is 558 g/mol. The molecule has 1 atom stereocenters. The number of rotatable bonds is 11. The van der Waals surface area contributed by atoms with Crippen LogP contribution in [-0.4, -0.2) is 68.3 Å². The van der Waals surface area contributed by atoms with Crippen LogP contribution in [0.15, 0.2) is 58.5 Å². The number of fused-ring (bicyclic) bond motifs is 1. The molecule has 1 N–H and O–H groups in total. The third kappa shape index (κ3) is 8.28. The summed E-state index contributed by atoms with van der Waals surface area (Å²) >= 11 is 0. The molecule has 236 valence electrons. The molecule has 0 radical (unpaired) electrons. The van der Waals surface area contributed by atoms with E-state index in [0.717, 1.165) is 86.9 Å². The average Bonchev–Trinajstić information content (AvgIpc) is 3.03. The van der Waals surface area contributed by atoms with Crippen LogP contribution < -0.4 is 9.64 Å². The smallest absolute Gasteiger partial charge is 0.210 e. The zero-order valence-corrected chi connectivity index (χ0v) is 27.4. The Kier molecular flexibility index (Phi) is 12.3. The summed E-state index contributed by atoms with van der Waals surface area (Å²) in [7, 11) is -3.82. The first-order valence-corrected chi connectivity index (χ1v) is 17.9. The van der Waals surface area contributed by atoms with Gasteiger partial charge in [-0.25, -0.2) is 8.42 Å². The topological polar surface area (TPSA) is 83.0 Å². The number of aromatic nitrogens is 1. The Bertz CT molecular complexity index is 1400. The number of ether oxygens (including phenoxy) is 1. The molecule has 0 bridgehead atoms. The molecule has 8 heteroatoms. The van der Waals surface area contributed by atoms with Gasteiger partial charge in [0.2, 0.25) is 9.84 Å². The highest BCUT2D eigenvalue weighted by Gasteiger charge is 2.32. The fraction of sp³-hybridized carbons (Fsp3) is 0.571. The molecule has 0 amide bonds. The number of piperidine rings is 2. The Hall–Kier alpha value is -2.68. The molecule has 2 aliphatic rings. The average molecular weight is 610 g/mol. The summed E-state index contributed by atoms with van der Waals surface area (Å²) < 4.78 is 34.1. The van der Waals surface area contributed by atoms with Gasteiger partial charge in [0.1, 0.15) is 10.6 Å². The van der Waals surface area contributed by atoms with Crippen molar-refractivity contribution < 1.29 is 18.3 Å². The van der Waals surface area contributed by atoms with E-state index in [1.54, 1.807) is 24.3 Å². The molecule has 1 aromatic heterocycles. The van der Waals surface area contributed by atoms with E-state index in [9.17, 15) is 13.5 Å². The highest BCUT2D eigenvalue weighted by Crippen LogP contribution is 2.38. The van der Waals surface area contributed by atoms with Gasteiger partial charge in [-0.15, -0.1) is 0 Å². The van der Waals surface area contributed by atoms with Gasteiger partial charge in [-0.1, -0.05) is 58.1 Å². The predicted molar refractivity (Wildman–Crippen MR) is 176 cm³/mol. The molecule has 0 spiro atoms. The van der Waals surface area contributed by atoms with Gasteiger partial charge in [-0.05, 0) is 82.0 Å². The van der Waals surface area contributed by atoms with Gasteiger partial charge in [-0.3, -0.25) is 9.88 Å². The molecule has 0 aliphatic carbocycles. The van der Waals surface area contributed by atoms with Gasteiger partial charge in [0, 0.05) is 37.3 Å². The number of anilines is 1. The zero-order valence-electron chi connectivity index (χ0n) is 26.6. The van der Waals surface area contributed by atoms with Crippen LogP contribution in [0.5, 0.6) is 5.75 Å². The summed E-state index contributed by atoms with van der Waals surface area (Å²) in [6.45, 7) is 12.2. The molecule has 2 fully saturated rings. The van der Waals surface area contributed by atoms with Crippen LogP contribution in [0.2, 0.25) is 0 Å². The number of aliphatic hydroxyl groups excluding tert-OH is 1. The molecule has 7 nitrogen and oxygen atoms in total. The first kappa shape index (κ1) is 33.2. The minimum atomic E-state index is -3.82. The molecule has 3 aromatic rings. The Morgan fingerprint density at radius 3 is 2.37 bits per heavy atom. The number of benzene rings is 2. The zero-order chi connectivity index (χ0) is 30.8. The molecule has 2 aliphatic heterocycles. The van der Waals surface area contributed by atoms with E-state index in [0.29, 0.717) is 18.4 Å². The monoisotopic (exact) mass is 609 g/mol. The highest BCUT2D eigenvalue weighted by molar-refractivity contribution is 7.91. The second-order valence-electron chi connectivity index (χ2n) is 11.7. The van der Waals surface area contributed by atoms with Gasteiger partial charge in [0.15, 0.2) is 0 Å². The van der Waals surface area contributed by atoms with Gasteiger partial charge >= 0.3 is 0 Å². The normalized spacial score (nSPS) is 18.3. The number of sulfone groups is 1. The Balaban J connectivity index is 0.00000207. The quantitative estimate of drug-likeness (QED) is 0.231. The van der Waals surface area contributed by atoms with E-state index in [1.165, 1.54) is 25.5 Å². The second-order valence-corrected chi connectivity index (χ2v) is 13.7. The maximum Gasteiger partial charge on any atom is 0.210 e. The molecule has 5 rings (SSSR count). The van der Waals surface area contributed by atoms with E-state index < -0.39 is 9.84 Å². The van der Waals surface area contributed by atoms with Crippen molar-refractivity contribution >= 4 is 26.4 Å². The molecule has 43 heavy (non-hydrogen) atoms. The summed E-state index contributed by atoms with van der Waals surface area (Å²) in [6, 6.07) is 13.3. The van der Waals surface area contributed by atoms with Gasteiger partial charge in [-0.2, -0.15) is 0 Å². The van der Waals surface area contributed by atoms with E-state index in [1.807, 2.05) is 32.9 Å². The molecular formula is C35H51N3O4S. The number of hydrogen-bond donors (Lipinski definition) is 1. The third-order valence-corrected chi connectivity index (χ3v) is 10.4. The number of unbranched alkanes of at least 4 members (excludes halogenated alkanes) is 4. The van der Waals surface area contributed by atoms with Gasteiger partial charge < -0.3 is 14.7 Å². The predicted octanol–water partition coefficient (Wildman–Crippen LogP) is 7.18. The Morgan fingerprint density at radius 2 is 1.67 bits per heavy atom. The molecule has 0 saturated carbocycles. The number of aryl methyl sites for hydroxylation is 1. The van der Waals surface area contributed by atoms with Crippen molar-refractivity contribution in [3.63, 3.8) is 0 Å². The molecule has 3 heterocycles. The van der Waals surface area contributed by atoms with Crippen molar-refractivity contribution in [2.45, 2.75) is 107 Å². The van der Waals surface area contributed by atoms with Crippen molar-refractivity contribution in [1.29, 1.82) is 0 Å². The number of nitrogens with zero attached hydrogens (tertiary/aromatic N) is 3. The van der Waals surface area contributed by atoms with Gasteiger partial charge in [0.25, 0.3) is 0 Å². The largest absolute Gasteiger partial charge is 0.494 e. The minimum Gasteiger partial charge on any atom is -0.494 e. The number of aliphatic hydroxyl groups is 1. The summed E-state index contributed by atoms with van der Waals surface area (Å²) in [4.78, 5) is 9.76. The first-order valence-electron chi connectivity index (χ1n) is 16.4. The Morgan fingerprint density at radius 1 is 0.953 bits per heavy atom. The SMILES string of the molecule is CC.CCCCCCCOc1ccc(S(=O)(=O)c2cnc3ccc(C)cc3c2N2CCC(N3CCCC(O)C3)CC2)cc1. The highest BCUT2D eigenvalue weighted by atomic mass is 32.2. The fourth-order valence-electron chi connectivity index (χ4n) is 6.30. The minimum absolute atomic E-state index is 0.242. The van der Waals surface area contributed by atoms with Crippen LogP contribution in [0.3, 0.4) is 0 Å². The lowest BCUT2D eigenvalue weighted by Gasteiger charge is -2.42. The standard InChI is InChI=1S/C33H45N3O4S.C2H6/c1-3-4-5-6-7-21-40-28-11-13-29(14-12-28)41(38,39)32-23-34-31-15-10-25(2)22-30(31)33(32)35-19-16-26(17-20-35)36-18-8-9-27(37)24-36;1-2/h10-15,22-23,26-27,37H,3-9,16-21,24H2,1-2H3;1-2H3. The van der Waals surface area contributed by atoms with Crippen molar-refractivity contribution in [2.24, 2.45) is 0 Å². The summed E-state index contributed by atoms with van der Waals surface area (Å²) in [6.07, 6.45) is 10.9. The van der Waals surface area contributed by atoms with Crippen LogP contribution in [-0.2, 0) is 9.84 Å². The fourth-order valence-corrected chi connectivity index (χ4v) is 7.74. The summed E-state index contributed by atoms with van der Waals surface area (Å²) in [5.41, 5.74) is 2.63. The Labute approximate surface area is 259 Å². The van der Waals surface area contributed by atoms with E-state index >= 15 is 0 Å². The maximum absolute atomic E-state index is 14.1. The van der Waals surface area contributed by atoms with Crippen molar-refractivity contribution in [2.75, 3.05) is 37.7 Å². The van der Waals surface area contributed by atoms with Crippen LogP contribution in [0.4, 0.5) is 5.69 Å². The van der Waals surface area contributed by atoms with E-state index in [4.69, 9.17) is 4.74 Å². The second kappa shape index (κ2) is 15.9. The number of hydrogen-bond acceptors (Lipinski definition) is 7. The first-order chi connectivity index (χ1) is 20.9. The lowest BCUT2D eigenvalue weighted by atomic mass is 9.98. The third-order valence-electron chi connectivity index (χ3n) is 8.63. The summed E-state index contributed by atoms with van der Waals surface area (Å²) in [5, 5.41) is 11.1. The van der Waals surface area contributed by atoms with Crippen LogP contribution >= 0.6 is 0 Å². The van der Waals surface area contributed by atoms with Crippen LogP contribution in [0, 0.1) is 6.92 Å². The van der Waals surface area contributed by atoms with Crippen LogP contribution in [0.25, 0.3) is 10.9 Å².